The first-order valence-electron chi connectivity index (χ1n) is 8.14. The number of hydrogen-bond donors (Lipinski definition) is 2. The zero-order valence-corrected chi connectivity index (χ0v) is 16.3. The van der Waals surface area contributed by atoms with Gasteiger partial charge in [-0.3, -0.25) is 5.10 Å². The second-order valence-corrected chi connectivity index (χ2v) is 6.45. The highest BCUT2D eigenvalue weighted by atomic mass is 127. The predicted molar refractivity (Wildman–Crippen MR) is 109 cm³/mol. The molecule has 1 heterocycles. The molecule has 0 saturated carbocycles. The fraction of sp³-hybridized carbons (Fsp3) is 0.211. The van der Waals surface area contributed by atoms with Crippen LogP contribution in [0.1, 0.15) is 13.8 Å². The molecule has 2 aromatic carbocycles. The van der Waals surface area contributed by atoms with Crippen molar-refractivity contribution in [3.63, 3.8) is 0 Å². The van der Waals surface area contributed by atoms with E-state index in [1.165, 1.54) is 0 Å². The van der Waals surface area contributed by atoms with Crippen LogP contribution in [-0.4, -0.2) is 23.4 Å². The number of nitrogens with two attached hydrogens (primary N) is 1. The molecule has 3 rings (SSSR count). The molecule has 0 fully saturated rings. The molecule has 5 nitrogen and oxygen atoms in total. The number of aromatic amines is 1. The maximum absolute atomic E-state index is 5.91. The first-order chi connectivity index (χ1) is 12.2. The van der Waals surface area contributed by atoms with Crippen LogP contribution < -0.4 is 15.2 Å². The van der Waals surface area contributed by atoms with Gasteiger partial charge in [0.1, 0.15) is 11.5 Å². The molecule has 0 aliphatic rings. The Morgan fingerprint density at radius 2 is 1.60 bits per heavy atom. The molecule has 0 radical (unpaired) electrons. The molecule has 0 aliphatic heterocycles. The van der Waals surface area contributed by atoms with E-state index >= 15 is 0 Å². The Bertz CT molecular complexity index is 863. The Morgan fingerprint density at radius 3 is 2.16 bits per heavy atom. The smallest absolute Gasteiger partial charge is 0.159 e. The van der Waals surface area contributed by atoms with E-state index < -0.39 is 0 Å². The minimum absolute atomic E-state index is 0.475. The summed E-state index contributed by atoms with van der Waals surface area (Å²) in [7, 11) is 0. The zero-order chi connectivity index (χ0) is 17.8. The maximum Gasteiger partial charge on any atom is 0.159 e. The van der Waals surface area contributed by atoms with Gasteiger partial charge in [-0.05, 0) is 54.1 Å². The molecule has 0 spiro atoms. The summed E-state index contributed by atoms with van der Waals surface area (Å²) in [4.78, 5) is 0. The summed E-state index contributed by atoms with van der Waals surface area (Å²) in [6, 6.07) is 14.2. The van der Waals surface area contributed by atoms with E-state index in [0.717, 1.165) is 37.5 Å². The van der Waals surface area contributed by atoms with Crippen molar-refractivity contribution < 1.29 is 9.47 Å². The molecular weight excluding hydrogens is 429 g/mol. The lowest BCUT2D eigenvalue weighted by Crippen LogP contribution is -2.00. The van der Waals surface area contributed by atoms with Crippen molar-refractivity contribution in [3.05, 3.63) is 46.0 Å². The number of anilines is 1. The lowest BCUT2D eigenvalue weighted by Gasteiger charge is -2.16. The summed E-state index contributed by atoms with van der Waals surface area (Å²) in [5, 5.41) is 7.10. The van der Waals surface area contributed by atoms with Crippen molar-refractivity contribution in [1.29, 1.82) is 0 Å². The maximum atomic E-state index is 5.91. The summed E-state index contributed by atoms with van der Waals surface area (Å²) in [6.45, 7) is 5.09. The van der Waals surface area contributed by atoms with Crippen LogP contribution >= 0.6 is 22.6 Å². The van der Waals surface area contributed by atoms with Gasteiger partial charge in [0.25, 0.3) is 0 Å². The second-order valence-electron chi connectivity index (χ2n) is 5.37. The number of halogens is 1. The van der Waals surface area contributed by atoms with Gasteiger partial charge in [0.05, 0.1) is 22.5 Å². The van der Waals surface area contributed by atoms with Crippen LogP contribution in [-0.2, 0) is 0 Å². The molecule has 0 saturated heterocycles. The number of rotatable bonds is 6. The average Bonchev–Trinajstić information content (AvgIpc) is 2.96. The van der Waals surface area contributed by atoms with Crippen LogP contribution in [0.15, 0.2) is 42.5 Å². The average molecular weight is 449 g/mol. The Morgan fingerprint density at radius 1 is 1.00 bits per heavy atom. The Labute approximate surface area is 160 Å². The molecule has 0 bridgehead atoms. The van der Waals surface area contributed by atoms with Gasteiger partial charge in [0, 0.05) is 11.1 Å². The van der Waals surface area contributed by atoms with Gasteiger partial charge in [-0.25, -0.2) is 0 Å². The molecule has 0 unspecified atom stereocenters. The Kier molecular flexibility index (Phi) is 5.47. The molecule has 3 N–H and O–H groups in total. The minimum Gasteiger partial charge on any atom is -0.493 e. The van der Waals surface area contributed by atoms with Gasteiger partial charge < -0.3 is 15.2 Å². The molecule has 3 aromatic rings. The number of nitrogen functional groups attached to an aromatic ring is 1. The van der Waals surface area contributed by atoms with Crippen LogP contribution in [0.2, 0.25) is 0 Å². The summed E-state index contributed by atoms with van der Waals surface area (Å²) in [5.74, 6) is 2.05. The number of nitrogens with one attached hydrogen (secondary N) is 1. The number of H-pyrrole nitrogens is 1. The number of hydrogen-bond acceptors (Lipinski definition) is 4. The van der Waals surface area contributed by atoms with Crippen molar-refractivity contribution in [1.82, 2.24) is 10.2 Å². The van der Waals surface area contributed by atoms with E-state index in [4.69, 9.17) is 15.2 Å². The Hall–Kier alpha value is -2.22. The first-order valence-corrected chi connectivity index (χ1v) is 9.22. The van der Waals surface area contributed by atoms with Crippen LogP contribution in [0.5, 0.6) is 11.5 Å². The van der Waals surface area contributed by atoms with Gasteiger partial charge in [-0.1, -0.05) is 30.3 Å². The molecular formula is C19H20IN3O2. The largest absolute Gasteiger partial charge is 0.493 e. The number of nitrogens with zero attached hydrogens (tertiary/aromatic N) is 1. The molecule has 0 atom stereocenters. The van der Waals surface area contributed by atoms with Crippen molar-refractivity contribution in [2.45, 2.75) is 13.8 Å². The third-order valence-electron chi connectivity index (χ3n) is 3.77. The van der Waals surface area contributed by atoms with Crippen LogP contribution in [0, 0.1) is 3.57 Å². The second kappa shape index (κ2) is 7.77. The highest BCUT2D eigenvalue weighted by molar-refractivity contribution is 14.1. The van der Waals surface area contributed by atoms with E-state index in [2.05, 4.69) is 44.9 Å². The summed E-state index contributed by atoms with van der Waals surface area (Å²) >= 11 is 2.19. The van der Waals surface area contributed by atoms with E-state index in [1.54, 1.807) is 0 Å². The summed E-state index contributed by atoms with van der Waals surface area (Å²) in [5.41, 5.74) is 9.70. The summed E-state index contributed by atoms with van der Waals surface area (Å²) in [6.07, 6.45) is 0. The number of ether oxygens (including phenoxy) is 2. The van der Waals surface area contributed by atoms with Gasteiger partial charge in [0.15, 0.2) is 5.82 Å². The van der Waals surface area contributed by atoms with Crippen LogP contribution in [0.3, 0.4) is 0 Å². The van der Waals surface area contributed by atoms with Crippen molar-refractivity contribution >= 4 is 28.4 Å². The van der Waals surface area contributed by atoms with E-state index in [-0.39, 0.29) is 0 Å². The van der Waals surface area contributed by atoms with Gasteiger partial charge in [-0.2, -0.15) is 5.10 Å². The molecule has 0 amide bonds. The lowest BCUT2D eigenvalue weighted by atomic mass is 10.00. The fourth-order valence-electron chi connectivity index (χ4n) is 2.67. The van der Waals surface area contributed by atoms with Crippen LogP contribution in [0.25, 0.3) is 22.4 Å². The zero-order valence-electron chi connectivity index (χ0n) is 14.2. The highest BCUT2D eigenvalue weighted by Crippen LogP contribution is 2.42. The van der Waals surface area contributed by atoms with E-state index in [1.807, 2.05) is 44.2 Å². The molecule has 25 heavy (non-hydrogen) atoms. The minimum atomic E-state index is 0.475. The molecule has 1 aromatic heterocycles. The van der Waals surface area contributed by atoms with Crippen molar-refractivity contribution in [2.75, 3.05) is 18.9 Å². The lowest BCUT2D eigenvalue weighted by molar-refractivity contribution is 0.333. The topological polar surface area (TPSA) is 73.2 Å². The predicted octanol–water partition coefficient (Wildman–Crippen LogP) is 4.73. The van der Waals surface area contributed by atoms with E-state index in [0.29, 0.717) is 19.0 Å². The summed E-state index contributed by atoms with van der Waals surface area (Å²) < 4.78 is 12.7. The molecule has 6 heteroatoms. The van der Waals surface area contributed by atoms with Gasteiger partial charge >= 0.3 is 0 Å². The van der Waals surface area contributed by atoms with Gasteiger partial charge in [0.2, 0.25) is 0 Å². The third kappa shape index (κ3) is 3.58. The highest BCUT2D eigenvalue weighted by Gasteiger charge is 2.19. The standard InChI is InChI=1S/C19H20IN3O2/c1-3-24-15-11-14(18-17(20)19(21)23-22-18)16(25-4-2)10-13(15)12-8-6-5-7-9-12/h5-11H,3-4H2,1-2H3,(H3,21,22,23). The van der Waals surface area contributed by atoms with Gasteiger partial charge in [-0.15, -0.1) is 0 Å². The quantitative estimate of drug-likeness (QED) is 0.534. The molecule has 0 aliphatic carbocycles. The van der Waals surface area contributed by atoms with E-state index in [9.17, 15) is 0 Å². The third-order valence-corrected chi connectivity index (χ3v) is 4.86. The molecule has 130 valence electrons. The first kappa shape index (κ1) is 17.6. The SMILES string of the molecule is CCOc1cc(-c2[nH]nc(N)c2I)c(OCC)cc1-c1ccccc1. The fourth-order valence-corrected chi connectivity index (χ4v) is 3.20. The number of aromatic nitrogens is 2. The van der Waals surface area contributed by atoms with Crippen LogP contribution in [0.4, 0.5) is 5.82 Å². The monoisotopic (exact) mass is 449 g/mol. The Balaban J connectivity index is 2.22. The number of benzene rings is 2. The van der Waals surface area contributed by atoms with Crippen molar-refractivity contribution in [3.8, 4) is 33.9 Å². The van der Waals surface area contributed by atoms with Crippen molar-refractivity contribution in [2.24, 2.45) is 0 Å². The normalized spacial score (nSPS) is 10.7.